The maximum Gasteiger partial charge on any atom is 0.335 e. The zero-order chi connectivity index (χ0) is 27.9. The minimum Gasteiger partial charge on any atom is -0.453 e. The van der Waals surface area contributed by atoms with E-state index in [1.807, 2.05) is 24.3 Å². The third kappa shape index (κ3) is 3.94. The molecule has 12 heteroatoms. The summed E-state index contributed by atoms with van der Waals surface area (Å²) >= 11 is 0. The van der Waals surface area contributed by atoms with E-state index in [0.717, 1.165) is 0 Å². The van der Waals surface area contributed by atoms with Crippen LogP contribution in [0.4, 0.5) is 0 Å². The Hall–Kier alpha value is -2.23. The van der Waals surface area contributed by atoms with Crippen molar-refractivity contribution < 1.29 is 22.4 Å². The number of nitrogens with zero attached hydrogens (tertiary/aromatic N) is 4. The fourth-order valence-corrected chi connectivity index (χ4v) is 17.7. The topological polar surface area (TPSA) is 107 Å². The van der Waals surface area contributed by atoms with E-state index >= 15 is 0 Å². The van der Waals surface area contributed by atoms with Gasteiger partial charge in [0.25, 0.3) is 5.56 Å². The molecule has 0 aliphatic carbocycles. The van der Waals surface area contributed by atoms with E-state index < -0.39 is 41.7 Å². The molecule has 2 saturated heterocycles. The molecule has 6 rings (SSSR count). The third-order valence-electron chi connectivity index (χ3n) is 8.49. The van der Waals surface area contributed by atoms with Crippen LogP contribution in [0.2, 0.25) is 22.2 Å². The van der Waals surface area contributed by atoms with E-state index in [1.54, 1.807) is 0 Å². The van der Waals surface area contributed by atoms with Gasteiger partial charge in [-0.25, -0.2) is 14.5 Å². The molecular weight excluding hydrogens is 532 g/mol. The molecule has 0 unspecified atom stereocenters. The van der Waals surface area contributed by atoms with Gasteiger partial charge < -0.3 is 22.4 Å². The molecule has 39 heavy (non-hydrogen) atoms. The molecule has 5 heterocycles. The summed E-state index contributed by atoms with van der Waals surface area (Å²) in [6.07, 6.45) is -2.14. The van der Waals surface area contributed by atoms with E-state index in [1.165, 1.54) is 4.57 Å². The first-order valence-corrected chi connectivity index (χ1v) is 18.0. The number of hydrogen-bond acceptors (Lipinski definition) is 9. The van der Waals surface area contributed by atoms with Crippen LogP contribution in [-0.2, 0) is 17.7 Å². The largest absolute Gasteiger partial charge is 0.453 e. The van der Waals surface area contributed by atoms with Crippen LogP contribution in [0.1, 0.15) is 61.6 Å². The van der Waals surface area contributed by atoms with Crippen LogP contribution >= 0.6 is 0 Å². The molecule has 210 valence electrons. The normalized spacial score (nSPS) is 27.6. The van der Waals surface area contributed by atoms with Gasteiger partial charge in [0.1, 0.15) is 12.2 Å². The summed E-state index contributed by atoms with van der Waals surface area (Å²) in [7, 11) is -5.59. The van der Waals surface area contributed by atoms with Gasteiger partial charge in [-0.2, -0.15) is 4.98 Å². The molecular formula is C27H38N4O6Si2. The van der Waals surface area contributed by atoms with Crippen LogP contribution in [0.15, 0.2) is 29.1 Å². The Balaban J connectivity index is 1.44. The first-order chi connectivity index (χ1) is 18.5. The van der Waals surface area contributed by atoms with Crippen molar-refractivity contribution in [2.24, 2.45) is 0 Å². The van der Waals surface area contributed by atoms with Crippen molar-refractivity contribution in [2.45, 2.75) is 102 Å². The number of benzene rings is 1. The van der Waals surface area contributed by atoms with Crippen LogP contribution in [0.5, 0.6) is 6.01 Å². The van der Waals surface area contributed by atoms with Crippen LogP contribution in [0.25, 0.3) is 22.2 Å². The Morgan fingerprint density at radius 3 is 2.08 bits per heavy atom. The number of hydrogen-bond donors (Lipinski definition) is 0. The van der Waals surface area contributed by atoms with Crippen molar-refractivity contribution in [1.82, 2.24) is 19.5 Å². The average molecular weight is 571 g/mol. The quantitative estimate of drug-likeness (QED) is 0.318. The first kappa shape index (κ1) is 27.0. The molecule has 4 atom stereocenters. The molecule has 0 bridgehead atoms. The van der Waals surface area contributed by atoms with Gasteiger partial charge in [-0.15, -0.1) is 0 Å². The average Bonchev–Trinajstić information content (AvgIpc) is 3.37. The second kappa shape index (κ2) is 9.42. The van der Waals surface area contributed by atoms with E-state index in [0.29, 0.717) is 17.6 Å². The van der Waals surface area contributed by atoms with E-state index in [2.05, 4.69) is 70.3 Å². The van der Waals surface area contributed by atoms with Gasteiger partial charge in [-0.1, -0.05) is 67.5 Å². The highest BCUT2D eigenvalue weighted by atomic mass is 28.5. The Bertz CT molecular complexity index is 1460. The van der Waals surface area contributed by atoms with Crippen molar-refractivity contribution in [3.05, 3.63) is 34.6 Å². The second-order valence-corrected chi connectivity index (χ2v) is 21.0. The van der Waals surface area contributed by atoms with Crippen molar-refractivity contribution in [3.63, 3.8) is 0 Å². The van der Waals surface area contributed by atoms with Gasteiger partial charge in [0.15, 0.2) is 23.5 Å². The summed E-state index contributed by atoms with van der Waals surface area (Å²) in [5, 5.41) is 0. The Morgan fingerprint density at radius 2 is 1.46 bits per heavy atom. The fourth-order valence-electron chi connectivity index (χ4n) is 6.44. The lowest BCUT2D eigenvalue weighted by atomic mass is 10.1. The lowest BCUT2D eigenvalue weighted by Crippen LogP contribution is -2.66. The molecule has 0 amide bonds. The van der Waals surface area contributed by atoms with Crippen LogP contribution in [-0.4, -0.2) is 61.6 Å². The smallest absolute Gasteiger partial charge is 0.335 e. The minimum atomic E-state index is -2.88. The highest BCUT2D eigenvalue weighted by Gasteiger charge is 2.63. The summed E-state index contributed by atoms with van der Waals surface area (Å²) in [4.78, 5) is 27.5. The van der Waals surface area contributed by atoms with Crippen LogP contribution < -0.4 is 10.3 Å². The van der Waals surface area contributed by atoms with Gasteiger partial charge >= 0.3 is 23.1 Å². The summed E-state index contributed by atoms with van der Waals surface area (Å²) in [5.74, 6) is 0. The first-order valence-electron chi connectivity index (χ1n) is 14.0. The number of ether oxygens (including phenoxy) is 2. The maximum atomic E-state index is 13.8. The van der Waals surface area contributed by atoms with Crippen LogP contribution in [0.3, 0.4) is 0 Å². The molecule has 2 fully saturated rings. The number of aromatic nitrogens is 4. The minimum absolute atomic E-state index is 0.163. The molecule has 3 aromatic rings. The molecule has 0 saturated carbocycles. The zero-order valence-corrected chi connectivity index (χ0v) is 25.9. The standard InChI is InChI=1S/C27H38N4O6Si2/c1-14(2)38(15(3)4)33-13-20-22(36-39(37-38,16(5)6)17(7)8)23-26(34-20)31-25(32)21-24(30-27(31)35-23)29-19-12-10-9-11-18(19)28-21/h9-12,14-17,20,22-23,26H,13H2,1-8H3/t20-,22-,23+,26-/m1/s1. The fraction of sp³-hybridized carbons (Fsp3) is 0.630. The van der Waals surface area contributed by atoms with E-state index in [4.69, 9.17) is 22.4 Å². The molecule has 10 nitrogen and oxygen atoms in total. The Labute approximate surface area is 230 Å². The zero-order valence-electron chi connectivity index (χ0n) is 23.9. The second-order valence-electron chi connectivity index (χ2n) is 12.2. The summed E-state index contributed by atoms with van der Waals surface area (Å²) < 4.78 is 35.7. The van der Waals surface area contributed by atoms with Gasteiger partial charge in [0.2, 0.25) is 0 Å². The summed E-state index contributed by atoms with van der Waals surface area (Å²) in [5.41, 5.74) is 2.19. The van der Waals surface area contributed by atoms with Gasteiger partial charge in [-0.3, -0.25) is 4.79 Å². The van der Waals surface area contributed by atoms with Crippen molar-refractivity contribution in [3.8, 4) is 6.01 Å². The number of rotatable bonds is 4. The van der Waals surface area contributed by atoms with Gasteiger partial charge in [0.05, 0.1) is 17.6 Å². The van der Waals surface area contributed by atoms with Crippen molar-refractivity contribution >= 4 is 39.3 Å². The molecule has 0 spiro atoms. The number of para-hydroxylation sites is 2. The summed E-state index contributed by atoms with van der Waals surface area (Å²) in [6, 6.07) is 7.60. The predicted octanol–water partition coefficient (Wildman–Crippen LogP) is 4.95. The number of fused-ring (bicyclic) bond motifs is 7. The Kier molecular flexibility index (Phi) is 6.51. The SMILES string of the molecule is CC(C)[Si]1(C(C)C)OC[C@H]2O[C@@H]3[C@@H](Oc4nc5nc6ccccc6nc5c(=O)n43)[C@@H]2O[Si](C(C)C)(C(C)C)O1. The van der Waals surface area contributed by atoms with Gasteiger partial charge in [-0.05, 0) is 34.3 Å². The van der Waals surface area contributed by atoms with Gasteiger partial charge in [0, 0.05) is 0 Å². The maximum absolute atomic E-state index is 13.8. The van der Waals surface area contributed by atoms with E-state index in [9.17, 15) is 4.79 Å². The van der Waals surface area contributed by atoms with Crippen molar-refractivity contribution in [1.29, 1.82) is 0 Å². The predicted molar refractivity (Wildman–Crippen MR) is 151 cm³/mol. The highest BCUT2D eigenvalue weighted by Crippen LogP contribution is 2.50. The molecule has 2 aromatic heterocycles. The Morgan fingerprint density at radius 1 is 0.846 bits per heavy atom. The van der Waals surface area contributed by atoms with E-state index in [-0.39, 0.29) is 44.9 Å². The van der Waals surface area contributed by atoms with Crippen molar-refractivity contribution in [2.75, 3.05) is 6.61 Å². The monoisotopic (exact) mass is 570 g/mol. The molecule has 3 aliphatic heterocycles. The van der Waals surface area contributed by atoms with Crippen LogP contribution in [0, 0.1) is 0 Å². The lowest BCUT2D eigenvalue weighted by Gasteiger charge is -2.51. The summed E-state index contributed by atoms with van der Waals surface area (Å²) in [6.45, 7) is 17.8. The lowest BCUT2D eigenvalue weighted by molar-refractivity contribution is -0.0560. The third-order valence-corrected chi connectivity index (χ3v) is 18.7. The molecule has 0 radical (unpaired) electrons. The highest BCUT2D eigenvalue weighted by molar-refractivity contribution is 6.84. The molecule has 1 aromatic carbocycles. The molecule has 3 aliphatic rings. The molecule has 0 N–H and O–H groups in total.